The molecule has 0 heterocycles. The van der Waals surface area contributed by atoms with Gasteiger partial charge >= 0.3 is 0 Å². The van der Waals surface area contributed by atoms with Crippen molar-refractivity contribution in [2.75, 3.05) is 6.61 Å². The molecule has 2 N–H and O–H groups in total. The number of hydrogen-bond acceptors (Lipinski definition) is 2. The van der Waals surface area contributed by atoms with E-state index in [2.05, 4.69) is 19.9 Å². The molecule has 0 radical (unpaired) electrons. The van der Waals surface area contributed by atoms with Crippen molar-refractivity contribution >= 4 is 0 Å². The molecule has 4 atom stereocenters. The molecule has 0 aromatic carbocycles. The molecule has 0 bridgehead atoms. The molecule has 2 heteroatoms. The Balaban J connectivity index is 2.27. The average Bonchev–Trinajstić information content (AvgIpc) is 2.27. The van der Waals surface area contributed by atoms with Crippen molar-refractivity contribution in [3.05, 3.63) is 11.6 Å². The number of fused-ring (bicyclic) bond motifs is 1. The molecule has 0 spiro atoms. The van der Waals surface area contributed by atoms with Crippen LogP contribution >= 0.6 is 0 Å². The fraction of sp³-hybridized carbons (Fsp3) is 0.867. The summed E-state index contributed by atoms with van der Waals surface area (Å²) < 4.78 is 0. The highest BCUT2D eigenvalue weighted by atomic mass is 16.3. The molecule has 2 nitrogen and oxygen atoms in total. The van der Waals surface area contributed by atoms with Crippen LogP contribution in [0.4, 0.5) is 0 Å². The molecule has 0 amide bonds. The Morgan fingerprint density at radius 1 is 1.41 bits per heavy atom. The minimum Gasteiger partial charge on any atom is -0.392 e. The number of rotatable bonds is 2. The first-order valence-electron chi connectivity index (χ1n) is 6.98. The van der Waals surface area contributed by atoms with Gasteiger partial charge in [0.1, 0.15) is 0 Å². The van der Waals surface area contributed by atoms with Crippen molar-refractivity contribution in [3.8, 4) is 0 Å². The lowest BCUT2D eigenvalue weighted by molar-refractivity contribution is -0.0811. The fourth-order valence-electron chi connectivity index (χ4n) is 3.90. The topological polar surface area (TPSA) is 40.5 Å². The summed E-state index contributed by atoms with van der Waals surface area (Å²) in [5, 5.41) is 19.8. The van der Waals surface area contributed by atoms with Crippen LogP contribution < -0.4 is 0 Å². The minimum absolute atomic E-state index is 0.191. The van der Waals surface area contributed by atoms with E-state index in [1.54, 1.807) is 0 Å². The molecule has 0 aromatic rings. The molecule has 98 valence electrons. The lowest BCUT2D eigenvalue weighted by atomic mass is 9.58. The minimum atomic E-state index is -0.506. The van der Waals surface area contributed by atoms with Gasteiger partial charge < -0.3 is 10.2 Å². The van der Waals surface area contributed by atoms with Gasteiger partial charge in [0.25, 0.3) is 0 Å². The molecule has 2 aliphatic carbocycles. The van der Waals surface area contributed by atoms with Gasteiger partial charge in [0.15, 0.2) is 0 Å². The third kappa shape index (κ3) is 2.43. The molecule has 1 saturated carbocycles. The van der Waals surface area contributed by atoms with Gasteiger partial charge in [-0.15, -0.1) is 0 Å². The van der Waals surface area contributed by atoms with Crippen LogP contribution in [0.2, 0.25) is 0 Å². The first-order valence-corrected chi connectivity index (χ1v) is 6.98. The second kappa shape index (κ2) is 4.74. The fourth-order valence-corrected chi connectivity index (χ4v) is 3.90. The summed E-state index contributed by atoms with van der Waals surface area (Å²) in [4.78, 5) is 0. The van der Waals surface area contributed by atoms with Crippen molar-refractivity contribution in [2.24, 2.45) is 23.7 Å². The zero-order valence-corrected chi connectivity index (χ0v) is 11.3. The van der Waals surface area contributed by atoms with Gasteiger partial charge in [-0.25, -0.2) is 0 Å². The third-order valence-electron chi connectivity index (χ3n) is 5.01. The maximum atomic E-state index is 10.5. The Bertz CT molecular complexity index is 304. The number of aliphatic hydroxyl groups is 2. The highest BCUT2D eigenvalue weighted by Gasteiger charge is 2.46. The standard InChI is InChI=1S/C15H26O2/c1-10(2)12-6-7-15(3,17)14-5-4-11(9-16)8-13(12)14/h8,10,12-14,16-17H,4-7,9H2,1-3H3/t12-,13-,14-,15-/m0/s1. The van der Waals surface area contributed by atoms with Crippen LogP contribution in [0.15, 0.2) is 11.6 Å². The van der Waals surface area contributed by atoms with Crippen LogP contribution in [-0.2, 0) is 0 Å². The highest BCUT2D eigenvalue weighted by molar-refractivity contribution is 5.15. The maximum Gasteiger partial charge on any atom is 0.0653 e. The van der Waals surface area contributed by atoms with E-state index >= 15 is 0 Å². The molecular formula is C15H26O2. The van der Waals surface area contributed by atoms with E-state index in [1.807, 2.05) is 6.92 Å². The predicted octanol–water partition coefficient (Wildman–Crippen LogP) is 2.75. The SMILES string of the molecule is CC(C)[C@@H]1CC[C@](C)(O)[C@H]2CCC(CO)=C[C@@H]12. The van der Waals surface area contributed by atoms with Crippen LogP contribution in [-0.4, -0.2) is 22.4 Å². The van der Waals surface area contributed by atoms with Crippen molar-refractivity contribution < 1.29 is 10.2 Å². The third-order valence-corrected chi connectivity index (χ3v) is 5.01. The van der Waals surface area contributed by atoms with Gasteiger partial charge in [0.05, 0.1) is 12.2 Å². The van der Waals surface area contributed by atoms with Gasteiger partial charge in [-0.3, -0.25) is 0 Å². The van der Waals surface area contributed by atoms with Crippen molar-refractivity contribution in [1.29, 1.82) is 0 Å². The number of hydrogen-bond donors (Lipinski definition) is 2. The highest BCUT2D eigenvalue weighted by Crippen LogP contribution is 2.49. The van der Waals surface area contributed by atoms with Crippen LogP contribution in [0.5, 0.6) is 0 Å². The van der Waals surface area contributed by atoms with E-state index < -0.39 is 5.60 Å². The molecule has 17 heavy (non-hydrogen) atoms. The van der Waals surface area contributed by atoms with Gasteiger partial charge in [-0.1, -0.05) is 19.9 Å². The Labute approximate surface area is 105 Å². The summed E-state index contributed by atoms with van der Waals surface area (Å²) in [7, 11) is 0. The zero-order valence-electron chi connectivity index (χ0n) is 11.3. The first kappa shape index (κ1) is 13.1. The van der Waals surface area contributed by atoms with E-state index in [0.717, 1.165) is 25.7 Å². The Morgan fingerprint density at radius 3 is 2.71 bits per heavy atom. The van der Waals surface area contributed by atoms with E-state index in [-0.39, 0.29) is 6.61 Å². The largest absolute Gasteiger partial charge is 0.392 e. The van der Waals surface area contributed by atoms with Crippen LogP contribution in [0.3, 0.4) is 0 Å². The molecular weight excluding hydrogens is 212 g/mol. The lowest BCUT2D eigenvalue weighted by Crippen LogP contribution is -2.48. The average molecular weight is 238 g/mol. The molecule has 0 saturated heterocycles. The van der Waals surface area contributed by atoms with E-state index in [9.17, 15) is 10.2 Å². The van der Waals surface area contributed by atoms with Gasteiger partial charge in [0.2, 0.25) is 0 Å². The van der Waals surface area contributed by atoms with E-state index in [4.69, 9.17) is 0 Å². The zero-order chi connectivity index (χ0) is 12.6. The quantitative estimate of drug-likeness (QED) is 0.726. The van der Waals surface area contributed by atoms with Gasteiger partial charge in [-0.05, 0) is 61.9 Å². The lowest BCUT2D eigenvalue weighted by Gasteiger charge is -2.49. The first-order chi connectivity index (χ1) is 7.95. The molecule has 2 aliphatic rings. The van der Waals surface area contributed by atoms with Crippen LogP contribution in [0.1, 0.15) is 46.5 Å². The van der Waals surface area contributed by atoms with Crippen molar-refractivity contribution in [3.63, 3.8) is 0 Å². The monoisotopic (exact) mass is 238 g/mol. The van der Waals surface area contributed by atoms with Gasteiger partial charge in [-0.2, -0.15) is 0 Å². The molecule has 1 fully saturated rings. The summed E-state index contributed by atoms with van der Waals surface area (Å²) in [5.74, 6) is 2.18. The van der Waals surface area contributed by atoms with E-state index in [1.165, 1.54) is 5.57 Å². The van der Waals surface area contributed by atoms with Crippen LogP contribution in [0.25, 0.3) is 0 Å². The van der Waals surface area contributed by atoms with Gasteiger partial charge in [0, 0.05) is 0 Å². The summed E-state index contributed by atoms with van der Waals surface area (Å²) in [6.45, 7) is 6.75. The summed E-state index contributed by atoms with van der Waals surface area (Å²) in [6.07, 6.45) is 6.30. The summed E-state index contributed by atoms with van der Waals surface area (Å²) >= 11 is 0. The maximum absolute atomic E-state index is 10.5. The van der Waals surface area contributed by atoms with Crippen LogP contribution in [0, 0.1) is 23.7 Å². The Hall–Kier alpha value is -0.340. The van der Waals surface area contributed by atoms with Crippen molar-refractivity contribution in [1.82, 2.24) is 0 Å². The summed E-state index contributed by atoms with van der Waals surface area (Å²) in [5.41, 5.74) is 0.669. The summed E-state index contributed by atoms with van der Waals surface area (Å²) in [6, 6.07) is 0. The second-order valence-corrected chi connectivity index (χ2v) is 6.51. The number of aliphatic hydroxyl groups excluding tert-OH is 1. The molecule has 0 aromatic heterocycles. The Kier molecular flexibility index (Phi) is 3.65. The second-order valence-electron chi connectivity index (χ2n) is 6.51. The molecule has 0 aliphatic heterocycles. The smallest absolute Gasteiger partial charge is 0.0653 e. The predicted molar refractivity (Wildman–Crippen MR) is 69.6 cm³/mol. The number of allylic oxidation sites excluding steroid dienone is 1. The Morgan fingerprint density at radius 2 is 2.12 bits per heavy atom. The normalized spacial score (nSPS) is 42.2. The molecule has 0 unspecified atom stereocenters. The van der Waals surface area contributed by atoms with E-state index in [0.29, 0.717) is 23.7 Å². The van der Waals surface area contributed by atoms with Crippen molar-refractivity contribution in [2.45, 2.75) is 52.1 Å². The molecule has 2 rings (SSSR count).